The second-order valence-electron chi connectivity index (χ2n) is 10.8. The van der Waals surface area contributed by atoms with E-state index in [-0.39, 0.29) is 28.9 Å². The first kappa shape index (κ1) is 21.3. The van der Waals surface area contributed by atoms with Crippen LogP contribution in [0, 0.1) is 28.9 Å². The molecule has 4 aliphatic carbocycles. The number of hydrogen-bond acceptors (Lipinski definition) is 6. The van der Waals surface area contributed by atoms with Gasteiger partial charge in [0.05, 0.1) is 22.8 Å². The average Bonchev–Trinajstić information content (AvgIpc) is 3.01. The number of benzene rings is 2. The van der Waals surface area contributed by atoms with E-state index in [0.717, 1.165) is 48.3 Å². The molecule has 8 heteroatoms. The summed E-state index contributed by atoms with van der Waals surface area (Å²) in [7, 11) is 0. The number of carbonyl (C=O) groups is 2. The molecule has 4 saturated carbocycles. The maximum atomic E-state index is 12.9. The molecule has 8 nitrogen and oxygen atoms in total. The first-order chi connectivity index (χ1) is 16.2. The smallest absolute Gasteiger partial charge is 0.282 e. The molecule has 5 aliphatic rings. The van der Waals surface area contributed by atoms with Gasteiger partial charge in [-0.1, -0.05) is 18.2 Å². The zero-order chi connectivity index (χ0) is 23.8. The van der Waals surface area contributed by atoms with Crippen LogP contribution in [0.25, 0.3) is 0 Å². The van der Waals surface area contributed by atoms with Crippen LogP contribution in [0.3, 0.4) is 0 Å². The normalized spacial score (nSPS) is 31.2. The summed E-state index contributed by atoms with van der Waals surface area (Å²) in [4.78, 5) is 37.5. The number of aliphatic hydroxyl groups is 1. The van der Waals surface area contributed by atoms with Gasteiger partial charge in [-0.3, -0.25) is 24.6 Å². The van der Waals surface area contributed by atoms with Crippen LogP contribution in [-0.2, 0) is 5.41 Å². The van der Waals surface area contributed by atoms with E-state index in [9.17, 15) is 24.8 Å². The largest absolute Gasteiger partial charge is 0.390 e. The fourth-order valence-corrected chi connectivity index (χ4v) is 7.47. The van der Waals surface area contributed by atoms with E-state index in [1.165, 1.54) is 30.2 Å². The Hall–Kier alpha value is -3.26. The molecular weight excluding hydrogens is 434 g/mol. The summed E-state index contributed by atoms with van der Waals surface area (Å²) < 4.78 is 0. The van der Waals surface area contributed by atoms with E-state index < -0.39 is 22.3 Å². The van der Waals surface area contributed by atoms with Crippen molar-refractivity contribution in [3.63, 3.8) is 0 Å². The summed E-state index contributed by atoms with van der Waals surface area (Å²) in [6.45, 7) is 1.89. The van der Waals surface area contributed by atoms with Gasteiger partial charge < -0.3 is 10.4 Å². The summed E-state index contributed by atoms with van der Waals surface area (Å²) in [5.41, 5.74) is 1.99. The highest BCUT2D eigenvalue weighted by molar-refractivity contribution is 6.23. The van der Waals surface area contributed by atoms with Gasteiger partial charge in [0.2, 0.25) is 0 Å². The van der Waals surface area contributed by atoms with Crippen molar-refractivity contribution < 1.29 is 19.6 Å². The third-order valence-electron chi connectivity index (χ3n) is 8.48. The Morgan fingerprint density at radius 3 is 2.53 bits per heavy atom. The van der Waals surface area contributed by atoms with Crippen molar-refractivity contribution in [1.29, 1.82) is 0 Å². The van der Waals surface area contributed by atoms with Crippen molar-refractivity contribution in [2.75, 3.05) is 12.0 Å². The quantitative estimate of drug-likeness (QED) is 0.393. The van der Waals surface area contributed by atoms with E-state index in [1.807, 2.05) is 13.0 Å². The lowest BCUT2D eigenvalue weighted by Crippen LogP contribution is -2.57. The lowest BCUT2D eigenvalue weighted by molar-refractivity contribution is -0.385. The van der Waals surface area contributed by atoms with Gasteiger partial charge in [-0.15, -0.1) is 0 Å². The number of amides is 2. The Bertz CT molecular complexity index is 1240. The van der Waals surface area contributed by atoms with Crippen molar-refractivity contribution >= 4 is 23.2 Å². The Morgan fingerprint density at radius 2 is 1.85 bits per heavy atom. The number of nitro benzene ring substituents is 1. The summed E-state index contributed by atoms with van der Waals surface area (Å²) >= 11 is 0. The predicted octanol–water partition coefficient (Wildman–Crippen LogP) is 4.15. The molecule has 7 rings (SSSR count). The summed E-state index contributed by atoms with van der Waals surface area (Å²) in [5.74, 6) is -0.0542. The molecule has 0 spiro atoms. The second-order valence-corrected chi connectivity index (χ2v) is 10.8. The Labute approximate surface area is 197 Å². The van der Waals surface area contributed by atoms with Crippen molar-refractivity contribution in [2.24, 2.45) is 11.8 Å². The topological polar surface area (TPSA) is 113 Å². The van der Waals surface area contributed by atoms with E-state index in [0.29, 0.717) is 11.8 Å². The molecule has 34 heavy (non-hydrogen) atoms. The molecular formula is C26H27N3O5. The minimum atomic E-state index is -0.656. The molecule has 4 fully saturated rings. The molecule has 0 radical (unpaired) electrons. The number of nitrogens with zero attached hydrogens (tertiary/aromatic N) is 2. The molecule has 1 heterocycles. The molecule has 0 saturated heterocycles. The first-order valence-electron chi connectivity index (χ1n) is 11.9. The molecule has 2 unspecified atom stereocenters. The van der Waals surface area contributed by atoms with E-state index in [1.54, 1.807) is 0 Å². The van der Waals surface area contributed by atoms with Gasteiger partial charge in [0.1, 0.15) is 5.56 Å². The molecule has 1 aliphatic heterocycles. The van der Waals surface area contributed by atoms with Crippen molar-refractivity contribution in [2.45, 2.75) is 56.5 Å². The standard InChI is InChI=1S/C26H27N3O5/c1-15-5-6-18(25-9-16-7-17(10-25)12-26(32,11-16)13-25)8-20(15)27-14-28-23(30)19-3-2-4-21(29(33)34)22(19)24(28)31/h2-6,8,16-17,27,32H,7,9-14H2,1H3. The molecule has 0 aromatic heterocycles. The molecule has 2 N–H and O–H groups in total. The third kappa shape index (κ3) is 3.08. The molecule has 2 atom stereocenters. The second kappa shape index (κ2) is 7.12. The Balaban J connectivity index is 1.26. The van der Waals surface area contributed by atoms with Crippen molar-refractivity contribution in [3.05, 3.63) is 68.8 Å². The number of rotatable bonds is 5. The highest BCUT2D eigenvalue weighted by Gasteiger charge is 2.57. The van der Waals surface area contributed by atoms with E-state index in [4.69, 9.17) is 0 Å². The van der Waals surface area contributed by atoms with Crippen molar-refractivity contribution in [3.8, 4) is 0 Å². The minimum Gasteiger partial charge on any atom is -0.390 e. The lowest BCUT2D eigenvalue weighted by Gasteiger charge is -2.60. The fourth-order valence-electron chi connectivity index (χ4n) is 7.47. The van der Waals surface area contributed by atoms with Gasteiger partial charge in [-0.2, -0.15) is 0 Å². The van der Waals surface area contributed by atoms with Gasteiger partial charge in [-0.05, 0) is 86.0 Å². The van der Waals surface area contributed by atoms with Gasteiger partial charge in [0.15, 0.2) is 0 Å². The minimum absolute atomic E-state index is 0.0287. The summed E-state index contributed by atoms with van der Waals surface area (Å²) in [6, 6.07) is 10.4. The highest BCUT2D eigenvalue weighted by Crippen LogP contribution is 2.62. The fraction of sp³-hybridized carbons (Fsp3) is 0.462. The Morgan fingerprint density at radius 1 is 1.12 bits per heavy atom. The van der Waals surface area contributed by atoms with Crippen LogP contribution in [0.1, 0.15) is 70.4 Å². The number of hydrogen-bond donors (Lipinski definition) is 2. The zero-order valence-electron chi connectivity index (χ0n) is 19.0. The number of aryl methyl sites for hydroxylation is 1. The maximum Gasteiger partial charge on any atom is 0.282 e. The van der Waals surface area contributed by atoms with Crippen LogP contribution in [0.2, 0.25) is 0 Å². The number of imide groups is 1. The van der Waals surface area contributed by atoms with Crippen molar-refractivity contribution in [1.82, 2.24) is 4.90 Å². The maximum absolute atomic E-state index is 12.9. The molecule has 2 amide bonds. The summed E-state index contributed by atoms with van der Waals surface area (Å²) in [5, 5.41) is 25.8. The zero-order valence-corrected chi connectivity index (χ0v) is 19.0. The predicted molar refractivity (Wildman–Crippen MR) is 125 cm³/mol. The SMILES string of the molecule is Cc1ccc(C23CC4CC(CC(O)(C4)C2)C3)cc1NCN1C(=O)c2cccc([N+](=O)[O-])c2C1=O. The molecule has 4 bridgehead atoms. The van der Waals surface area contributed by atoms with Crippen LogP contribution >= 0.6 is 0 Å². The Kier molecular flexibility index (Phi) is 4.46. The monoisotopic (exact) mass is 461 g/mol. The van der Waals surface area contributed by atoms with Crippen LogP contribution in [0.15, 0.2) is 36.4 Å². The van der Waals surface area contributed by atoms with Gasteiger partial charge in [-0.25, -0.2) is 0 Å². The number of fused-ring (bicyclic) bond motifs is 1. The number of nitrogens with one attached hydrogen (secondary N) is 1. The first-order valence-corrected chi connectivity index (χ1v) is 11.9. The highest BCUT2D eigenvalue weighted by atomic mass is 16.6. The number of anilines is 1. The average molecular weight is 462 g/mol. The van der Waals surface area contributed by atoms with Crippen LogP contribution < -0.4 is 5.32 Å². The van der Waals surface area contributed by atoms with Crippen LogP contribution in [0.5, 0.6) is 0 Å². The van der Waals surface area contributed by atoms with E-state index >= 15 is 0 Å². The molecule has 2 aromatic carbocycles. The van der Waals surface area contributed by atoms with Crippen LogP contribution in [-0.4, -0.2) is 39.0 Å². The molecule has 176 valence electrons. The van der Waals surface area contributed by atoms with Gasteiger partial charge in [0.25, 0.3) is 17.5 Å². The van der Waals surface area contributed by atoms with Crippen LogP contribution in [0.4, 0.5) is 11.4 Å². The number of carbonyl (C=O) groups excluding carboxylic acids is 2. The van der Waals surface area contributed by atoms with Gasteiger partial charge >= 0.3 is 0 Å². The molecule has 2 aromatic rings. The third-order valence-corrected chi connectivity index (χ3v) is 8.48. The summed E-state index contributed by atoms with van der Waals surface area (Å²) in [6.07, 6.45) is 6.01. The van der Waals surface area contributed by atoms with E-state index in [2.05, 4.69) is 17.4 Å². The number of nitro groups is 1. The lowest BCUT2D eigenvalue weighted by atomic mass is 9.46. The van der Waals surface area contributed by atoms with Gasteiger partial charge in [0, 0.05) is 11.8 Å².